The molecule has 0 saturated heterocycles. The van der Waals surface area contributed by atoms with Crippen LogP contribution in [-0.4, -0.2) is 28.9 Å². The standard InChI is InChI=1S/C30H32ClF3N2O2S/c1-5-13-38-36(18-22-9-7-6-8-10-22)20(3)14-19(2)21(4)39-28-15-23(11-12-25(28)31)30(37)35-24-16-26(32)29(34)27(33)17-24/h6-12,15-17,20-21H,2,5,13-14,18H2,1,3-4H3,(H,35,37)/t20?,21-/m0/s1. The zero-order chi connectivity index (χ0) is 28.5. The summed E-state index contributed by atoms with van der Waals surface area (Å²) >= 11 is 7.88. The van der Waals surface area contributed by atoms with Gasteiger partial charge in [-0.15, -0.1) is 11.8 Å². The van der Waals surface area contributed by atoms with Crippen molar-refractivity contribution in [2.75, 3.05) is 11.9 Å². The van der Waals surface area contributed by atoms with Gasteiger partial charge in [-0.1, -0.05) is 61.0 Å². The van der Waals surface area contributed by atoms with E-state index in [1.165, 1.54) is 17.8 Å². The smallest absolute Gasteiger partial charge is 0.255 e. The molecule has 4 nitrogen and oxygen atoms in total. The van der Waals surface area contributed by atoms with Gasteiger partial charge in [0.2, 0.25) is 0 Å². The van der Waals surface area contributed by atoms with E-state index in [9.17, 15) is 18.0 Å². The Balaban J connectivity index is 1.66. The maximum atomic E-state index is 13.5. The minimum absolute atomic E-state index is 0.0340. The second-order valence-corrected chi connectivity index (χ2v) is 11.0. The van der Waals surface area contributed by atoms with Crippen LogP contribution >= 0.6 is 23.4 Å². The van der Waals surface area contributed by atoms with Crippen LogP contribution in [0.3, 0.4) is 0 Å². The summed E-state index contributed by atoms with van der Waals surface area (Å²) in [5, 5.41) is 4.80. The molecule has 3 aromatic rings. The molecule has 3 rings (SSSR count). The van der Waals surface area contributed by atoms with Gasteiger partial charge in [-0.05, 0) is 50.5 Å². The highest BCUT2D eigenvalue weighted by molar-refractivity contribution is 8.00. The molecule has 0 fully saturated rings. The fourth-order valence-electron chi connectivity index (χ4n) is 3.79. The average Bonchev–Trinajstić information content (AvgIpc) is 2.91. The first-order chi connectivity index (χ1) is 18.6. The molecule has 0 spiro atoms. The third kappa shape index (κ3) is 8.86. The number of halogens is 4. The zero-order valence-corrected chi connectivity index (χ0v) is 23.7. The number of amides is 1. The summed E-state index contributed by atoms with van der Waals surface area (Å²) in [5.74, 6) is -4.98. The molecule has 1 amide bonds. The third-order valence-electron chi connectivity index (χ3n) is 6.01. The van der Waals surface area contributed by atoms with E-state index in [4.69, 9.17) is 16.4 Å². The fraction of sp³-hybridized carbons (Fsp3) is 0.300. The van der Waals surface area contributed by atoms with E-state index < -0.39 is 23.4 Å². The van der Waals surface area contributed by atoms with E-state index in [-0.39, 0.29) is 22.5 Å². The van der Waals surface area contributed by atoms with Crippen molar-refractivity contribution in [2.24, 2.45) is 0 Å². The Morgan fingerprint density at radius 3 is 2.38 bits per heavy atom. The van der Waals surface area contributed by atoms with E-state index >= 15 is 0 Å². The normalized spacial score (nSPS) is 12.8. The Labute approximate surface area is 237 Å². The summed E-state index contributed by atoms with van der Waals surface area (Å²) in [6.45, 7) is 11.8. The van der Waals surface area contributed by atoms with Crippen LogP contribution in [0, 0.1) is 17.5 Å². The number of nitrogens with one attached hydrogen (secondary N) is 1. The molecular formula is C30H32ClF3N2O2S. The Bertz CT molecular complexity index is 1270. The van der Waals surface area contributed by atoms with Gasteiger partial charge in [0.05, 0.1) is 11.6 Å². The number of carbonyl (C=O) groups is 1. The van der Waals surface area contributed by atoms with Crippen LogP contribution in [0.4, 0.5) is 18.9 Å². The van der Waals surface area contributed by atoms with Crippen molar-refractivity contribution in [3.63, 3.8) is 0 Å². The molecule has 208 valence electrons. The summed E-state index contributed by atoms with van der Waals surface area (Å²) in [5.41, 5.74) is 2.18. The molecule has 1 N–H and O–H groups in total. The minimum Gasteiger partial charge on any atom is -0.322 e. The fourth-order valence-corrected chi connectivity index (χ4v) is 5.06. The second kappa shape index (κ2) is 14.6. The molecule has 0 saturated carbocycles. The Kier molecular flexibility index (Phi) is 11.5. The number of thioether (sulfide) groups is 1. The Morgan fingerprint density at radius 1 is 1.08 bits per heavy atom. The highest BCUT2D eigenvalue weighted by Gasteiger charge is 2.21. The first-order valence-corrected chi connectivity index (χ1v) is 13.9. The van der Waals surface area contributed by atoms with Crippen molar-refractivity contribution < 1.29 is 22.8 Å². The number of hydrogen-bond acceptors (Lipinski definition) is 4. The highest BCUT2D eigenvalue weighted by atomic mass is 35.5. The number of nitrogens with zero attached hydrogens (tertiary/aromatic N) is 1. The summed E-state index contributed by atoms with van der Waals surface area (Å²) in [6, 6.07) is 16.3. The molecule has 1 unspecified atom stereocenters. The number of hydrogen-bond donors (Lipinski definition) is 1. The molecule has 0 aliphatic carbocycles. The van der Waals surface area contributed by atoms with Gasteiger partial charge in [0.1, 0.15) is 0 Å². The molecule has 39 heavy (non-hydrogen) atoms. The maximum absolute atomic E-state index is 13.5. The van der Waals surface area contributed by atoms with Gasteiger partial charge in [-0.25, -0.2) is 13.2 Å². The van der Waals surface area contributed by atoms with E-state index in [1.807, 2.05) is 30.2 Å². The monoisotopic (exact) mass is 576 g/mol. The van der Waals surface area contributed by atoms with Crippen molar-refractivity contribution in [1.29, 1.82) is 0 Å². The molecule has 0 bridgehead atoms. The lowest BCUT2D eigenvalue weighted by molar-refractivity contribution is -0.190. The van der Waals surface area contributed by atoms with E-state index in [0.717, 1.165) is 29.7 Å². The SMILES string of the molecule is C=C(CC(C)N(Cc1ccccc1)OCCC)[C@H](C)Sc1cc(C(=O)Nc2cc(F)c(F)c(F)c2)ccc1Cl. The van der Waals surface area contributed by atoms with Gasteiger partial charge in [0.25, 0.3) is 5.91 Å². The summed E-state index contributed by atoms with van der Waals surface area (Å²) < 4.78 is 40.3. The number of anilines is 1. The van der Waals surface area contributed by atoms with Gasteiger partial charge in [0, 0.05) is 46.1 Å². The molecule has 0 aromatic heterocycles. The van der Waals surface area contributed by atoms with Crippen LogP contribution in [0.5, 0.6) is 0 Å². The lowest BCUT2D eigenvalue weighted by atomic mass is 10.1. The van der Waals surface area contributed by atoms with Crippen molar-refractivity contribution in [1.82, 2.24) is 5.06 Å². The Hall–Kier alpha value is -2.78. The lowest BCUT2D eigenvalue weighted by Crippen LogP contribution is -2.34. The number of benzene rings is 3. The van der Waals surface area contributed by atoms with Gasteiger partial charge in [-0.3, -0.25) is 9.63 Å². The predicted molar refractivity (Wildman–Crippen MR) is 152 cm³/mol. The van der Waals surface area contributed by atoms with Crippen molar-refractivity contribution in [2.45, 2.75) is 56.3 Å². The lowest BCUT2D eigenvalue weighted by Gasteiger charge is -2.30. The largest absolute Gasteiger partial charge is 0.322 e. The quantitative estimate of drug-likeness (QED) is 0.0956. The van der Waals surface area contributed by atoms with Crippen molar-refractivity contribution in [3.05, 3.63) is 106 Å². The van der Waals surface area contributed by atoms with Crippen molar-refractivity contribution >= 4 is 35.0 Å². The average molecular weight is 577 g/mol. The number of hydroxylamine groups is 2. The van der Waals surface area contributed by atoms with Crippen LogP contribution in [0.15, 0.2) is 77.7 Å². The predicted octanol–water partition coefficient (Wildman–Crippen LogP) is 8.67. The molecule has 0 aliphatic rings. The molecule has 0 aliphatic heterocycles. The van der Waals surface area contributed by atoms with Gasteiger partial charge < -0.3 is 5.32 Å². The summed E-state index contributed by atoms with van der Waals surface area (Å²) in [7, 11) is 0. The highest BCUT2D eigenvalue weighted by Crippen LogP contribution is 2.35. The molecule has 0 radical (unpaired) electrons. The third-order valence-corrected chi connectivity index (χ3v) is 7.73. The van der Waals surface area contributed by atoms with E-state index in [2.05, 4.69) is 37.9 Å². The van der Waals surface area contributed by atoms with Gasteiger partial charge in [0.15, 0.2) is 17.5 Å². The first-order valence-electron chi connectivity index (χ1n) is 12.6. The molecule has 0 heterocycles. The summed E-state index contributed by atoms with van der Waals surface area (Å²) in [4.78, 5) is 19.4. The maximum Gasteiger partial charge on any atom is 0.255 e. The number of rotatable bonds is 13. The zero-order valence-electron chi connectivity index (χ0n) is 22.1. The van der Waals surface area contributed by atoms with Crippen LogP contribution in [0.25, 0.3) is 0 Å². The topological polar surface area (TPSA) is 41.6 Å². The molecule has 2 atom stereocenters. The molecular weight excluding hydrogens is 545 g/mol. The number of carbonyl (C=O) groups excluding carboxylic acids is 1. The van der Waals surface area contributed by atoms with Crippen LogP contribution in [0.2, 0.25) is 5.02 Å². The van der Waals surface area contributed by atoms with E-state index in [0.29, 0.717) is 29.5 Å². The van der Waals surface area contributed by atoms with Crippen molar-refractivity contribution in [3.8, 4) is 0 Å². The van der Waals surface area contributed by atoms with Crippen LogP contribution in [-0.2, 0) is 11.4 Å². The van der Waals surface area contributed by atoms with Gasteiger partial charge >= 0.3 is 0 Å². The first kappa shape index (κ1) is 30.8. The van der Waals surface area contributed by atoms with Gasteiger partial charge in [-0.2, -0.15) is 5.06 Å². The summed E-state index contributed by atoms with van der Waals surface area (Å²) in [6.07, 6.45) is 1.59. The molecule has 9 heteroatoms. The van der Waals surface area contributed by atoms with Crippen LogP contribution < -0.4 is 5.32 Å². The Morgan fingerprint density at radius 2 is 1.74 bits per heavy atom. The second-order valence-electron chi connectivity index (χ2n) is 9.22. The molecule has 3 aromatic carbocycles. The minimum atomic E-state index is -1.60. The van der Waals surface area contributed by atoms with Crippen LogP contribution in [0.1, 0.15) is 49.5 Å². The van der Waals surface area contributed by atoms with E-state index in [1.54, 1.807) is 12.1 Å².